The number of carbonyl (C=O) groups is 8. The number of hydrogen-bond donors (Lipinski definition) is 1. The van der Waals surface area contributed by atoms with Gasteiger partial charge < -0.3 is 43.2 Å². The SMILES string of the molecule is C=CC(=O)OCC(COCC(COC(=O)C=C)(COC(=O)C=C)COC(=O)c1ccccc1C(=O)NCCOC(=O)C(C)(C)C)(COC(=O)C=C)COC(=O)C=C. The second kappa shape index (κ2) is 24.2. The summed E-state index contributed by atoms with van der Waals surface area (Å²) in [5, 5.41) is 2.57. The average Bonchev–Trinajstić information content (AvgIpc) is 3.21. The Bertz CT molecular complexity index is 1590. The summed E-state index contributed by atoms with van der Waals surface area (Å²) in [5.74, 6) is -6.63. The maximum absolute atomic E-state index is 13.6. The highest BCUT2D eigenvalue weighted by Crippen LogP contribution is 2.27. The Balaban J connectivity index is 3.49. The first-order valence-corrected chi connectivity index (χ1v) is 17.2. The molecular formula is C40H49NO16. The first-order valence-electron chi connectivity index (χ1n) is 17.2. The normalized spacial score (nSPS) is 11.0. The van der Waals surface area contributed by atoms with E-state index in [0.29, 0.717) is 0 Å². The summed E-state index contributed by atoms with van der Waals surface area (Å²) in [7, 11) is 0. The number of esters is 7. The molecule has 1 aromatic carbocycles. The highest BCUT2D eigenvalue weighted by atomic mass is 16.6. The van der Waals surface area contributed by atoms with Gasteiger partial charge in [-0.25, -0.2) is 28.8 Å². The monoisotopic (exact) mass is 799 g/mol. The minimum atomic E-state index is -1.69. The Hall–Kier alpha value is -6.36. The molecule has 310 valence electrons. The molecule has 17 heteroatoms. The second-order valence-electron chi connectivity index (χ2n) is 13.3. The third-order valence-electron chi connectivity index (χ3n) is 7.39. The van der Waals surface area contributed by atoms with Gasteiger partial charge in [0, 0.05) is 30.4 Å². The minimum absolute atomic E-state index is 0.0678. The number of amides is 1. The molecule has 0 aliphatic carbocycles. The highest BCUT2D eigenvalue weighted by Gasteiger charge is 2.41. The summed E-state index contributed by atoms with van der Waals surface area (Å²) in [6, 6.07) is 5.66. The van der Waals surface area contributed by atoms with Gasteiger partial charge in [-0.1, -0.05) is 45.0 Å². The number of benzene rings is 1. The van der Waals surface area contributed by atoms with Gasteiger partial charge in [0.15, 0.2) is 0 Å². The Morgan fingerprint density at radius 3 is 1.23 bits per heavy atom. The zero-order valence-corrected chi connectivity index (χ0v) is 32.3. The Labute approximate surface area is 330 Å². The van der Waals surface area contributed by atoms with Crippen LogP contribution in [0.5, 0.6) is 0 Å². The van der Waals surface area contributed by atoms with Crippen molar-refractivity contribution in [2.24, 2.45) is 16.2 Å². The maximum Gasteiger partial charge on any atom is 0.338 e. The van der Waals surface area contributed by atoms with Crippen LogP contribution in [0.3, 0.4) is 0 Å². The molecule has 0 aliphatic rings. The fourth-order valence-electron chi connectivity index (χ4n) is 4.18. The van der Waals surface area contributed by atoms with Crippen LogP contribution >= 0.6 is 0 Å². The van der Waals surface area contributed by atoms with Crippen LogP contribution in [0, 0.1) is 16.2 Å². The third kappa shape index (κ3) is 17.8. The number of hydrogen-bond acceptors (Lipinski definition) is 16. The quantitative estimate of drug-likeness (QED) is 0.0616. The van der Waals surface area contributed by atoms with E-state index in [1.165, 1.54) is 24.3 Å². The Morgan fingerprint density at radius 2 is 0.877 bits per heavy atom. The predicted octanol–water partition coefficient (Wildman–Crippen LogP) is 2.80. The van der Waals surface area contributed by atoms with E-state index in [1.54, 1.807) is 20.8 Å². The third-order valence-corrected chi connectivity index (χ3v) is 7.39. The van der Waals surface area contributed by atoms with E-state index < -0.39 is 117 Å². The number of rotatable bonds is 26. The zero-order valence-electron chi connectivity index (χ0n) is 32.3. The van der Waals surface area contributed by atoms with Crippen molar-refractivity contribution < 1.29 is 76.3 Å². The molecule has 0 unspecified atom stereocenters. The molecule has 0 heterocycles. The van der Waals surface area contributed by atoms with Crippen LogP contribution in [0.1, 0.15) is 41.5 Å². The number of carbonyl (C=O) groups excluding carboxylic acids is 8. The lowest BCUT2D eigenvalue weighted by Crippen LogP contribution is -2.47. The molecule has 0 atom stereocenters. The standard InChI is InChI=1S/C40H49NO16/c1-9-30(42)52-22-39(23-53-31(43)10-2,24-54-32(44)11-3)20-50-21-40(25-55-33(45)12-4,26-56-34(46)13-5)27-57-36(48)29-17-15-14-16-28(29)35(47)41-18-19-51-37(49)38(6,7)8/h9-17H,1-5,18-27H2,6-8H3,(H,41,47). The van der Waals surface area contributed by atoms with Gasteiger partial charge in [-0.15, -0.1) is 0 Å². The van der Waals surface area contributed by atoms with Crippen LogP contribution in [0.25, 0.3) is 0 Å². The molecule has 0 fully saturated rings. The van der Waals surface area contributed by atoms with Crippen molar-refractivity contribution in [3.63, 3.8) is 0 Å². The average molecular weight is 800 g/mol. The van der Waals surface area contributed by atoms with Crippen molar-refractivity contribution in [2.75, 3.05) is 66.0 Å². The first kappa shape index (κ1) is 48.7. The molecule has 1 aromatic rings. The molecule has 0 saturated heterocycles. The smallest absolute Gasteiger partial charge is 0.338 e. The fraction of sp³-hybridized carbons (Fsp3) is 0.400. The van der Waals surface area contributed by atoms with E-state index in [-0.39, 0.29) is 24.3 Å². The number of ether oxygens (including phenoxy) is 8. The molecule has 0 saturated carbocycles. The van der Waals surface area contributed by atoms with Crippen molar-refractivity contribution in [1.29, 1.82) is 0 Å². The van der Waals surface area contributed by atoms with Crippen LogP contribution in [-0.2, 0) is 66.7 Å². The minimum Gasteiger partial charge on any atom is -0.463 e. The predicted molar refractivity (Wildman–Crippen MR) is 201 cm³/mol. The first-order chi connectivity index (χ1) is 26.9. The van der Waals surface area contributed by atoms with E-state index in [4.69, 9.17) is 37.9 Å². The van der Waals surface area contributed by atoms with Crippen molar-refractivity contribution in [3.05, 3.63) is 98.7 Å². The van der Waals surface area contributed by atoms with Gasteiger partial charge in [0.05, 0.1) is 47.1 Å². The van der Waals surface area contributed by atoms with Gasteiger partial charge in [-0.05, 0) is 32.9 Å². The van der Waals surface area contributed by atoms with Crippen molar-refractivity contribution in [3.8, 4) is 0 Å². The van der Waals surface area contributed by atoms with Gasteiger partial charge in [0.1, 0.15) is 46.2 Å². The van der Waals surface area contributed by atoms with Crippen LogP contribution in [0.4, 0.5) is 0 Å². The summed E-state index contributed by atoms with van der Waals surface area (Å²) >= 11 is 0. The van der Waals surface area contributed by atoms with E-state index in [2.05, 4.69) is 38.2 Å². The van der Waals surface area contributed by atoms with E-state index in [0.717, 1.165) is 30.4 Å². The van der Waals surface area contributed by atoms with Crippen molar-refractivity contribution >= 4 is 47.7 Å². The molecule has 0 radical (unpaired) electrons. The molecule has 0 bridgehead atoms. The molecule has 0 aromatic heterocycles. The topological polar surface area (TPSA) is 222 Å². The molecule has 0 spiro atoms. The van der Waals surface area contributed by atoms with E-state index in [1.807, 2.05) is 0 Å². The summed E-state index contributed by atoms with van der Waals surface area (Å²) in [5.41, 5.74) is -4.31. The molecular weight excluding hydrogens is 750 g/mol. The molecule has 1 rings (SSSR count). The van der Waals surface area contributed by atoms with Crippen LogP contribution in [0.15, 0.2) is 87.5 Å². The van der Waals surface area contributed by atoms with Crippen LogP contribution < -0.4 is 5.32 Å². The van der Waals surface area contributed by atoms with Gasteiger partial charge >= 0.3 is 41.8 Å². The second-order valence-corrected chi connectivity index (χ2v) is 13.3. The van der Waals surface area contributed by atoms with E-state index in [9.17, 15) is 38.4 Å². The maximum atomic E-state index is 13.6. The van der Waals surface area contributed by atoms with Gasteiger partial charge in [0.2, 0.25) is 0 Å². The summed E-state index contributed by atoms with van der Waals surface area (Å²) in [6.45, 7) is 16.9. The molecule has 57 heavy (non-hydrogen) atoms. The number of nitrogens with one attached hydrogen (secondary N) is 1. The lowest BCUT2D eigenvalue weighted by molar-refractivity contribution is -0.167. The summed E-state index contributed by atoms with van der Waals surface area (Å²) in [4.78, 5) is 99.4. The molecule has 1 N–H and O–H groups in total. The molecule has 1 amide bonds. The summed E-state index contributed by atoms with van der Waals surface area (Å²) < 4.78 is 43.0. The van der Waals surface area contributed by atoms with Crippen molar-refractivity contribution in [1.82, 2.24) is 5.32 Å². The van der Waals surface area contributed by atoms with Crippen LogP contribution in [-0.4, -0.2) is 114 Å². The van der Waals surface area contributed by atoms with Crippen molar-refractivity contribution in [2.45, 2.75) is 20.8 Å². The highest BCUT2D eigenvalue weighted by molar-refractivity contribution is 6.05. The Kier molecular flexibility index (Phi) is 20.7. The van der Waals surface area contributed by atoms with Gasteiger partial charge in [-0.3, -0.25) is 9.59 Å². The molecule has 17 nitrogen and oxygen atoms in total. The van der Waals surface area contributed by atoms with E-state index >= 15 is 0 Å². The lowest BCUT2D eigenvalue weighted by atomic mass is 9.90. The van der Waals surface area contributed by atoms with Gasteiger partial charge in [-0.2, -0.15) is 0 Å². The lowest BCUT2D eigenvalue weighted by Gasteiger charge is -2.35. The van der Waals surface area contributed by atoms with Gasteiger partial charge in [0.25, 0.3) is 5.91 Å². The fourth-order valence-corrected chi connectivity index (χ4v) is 4.18. The van der Waals surface area contributed by atoms with Crippen LogP contribution in [0.2, 0.25) is 0 Å². The zero-order chi connectivity index (χ0) is 43.1. The summed E-state index contributed by atoms with van der Waals surface area (Å²) in [6.07, 6.45) is 4.31. The largest absolute Gasteiger partial charge is 0.463 e. The molecule has 0 aliphatic heterocycles. The Morgan fingerprint density at radius 1 is 0.526 bits per heavy atom.